The number of carbonyl (C=O) groups excluding carboxylic acids is 1. The molecule has 15 heavy (non-hydrogen) atoms. The molecule has 82 valence electrons. The van der Waals surface area contributed by atoms with E-state index >= 15 is 0 Å². The molecule has 0 spiro atoms. The van der Waals surface area contributed by atoms with Crippen molar-refractivity contribution in [2.24, 2.45) is 0 Å². The molecule has 1 aromatic carbocycles. The van der Waals surface area contributed by atoms with Crippen LogP contribution in [-0.2, 0) is 4.79 Å². The first-order valence-electron chi connectivity index (χ1n) is 4.00. The fourth-order valence-corrected chi connectivity index (χ4v) is 1.37. The molecule has 0 unspecified atom stereocenters. The lowest BCUT2D eigenvalue weighted by molar-refractivity contribution is -0.171. The number of hydrogen-bond acceptors (Lipinski definition) is 2. The Balaban J connectivity index is 2.51. The van der Waals surface area contributed by atoms with Gasteiger partial charge in [0.2, 0.25) is 0 Å². The highest BCUT2D eigenvalue weighted by atomic mass is 32.2. The van der Waals surface area contributed by atoms with Crippen molar-refractivity contribution in [3.8, 4) is 0 Å². The molecule has 1 aromatic rings. The van der Waals surface area contributed by atoms with Crippen LogP contribution in [0, 0.1) is 6.92 Å². The molecular formula is C9H8F3NOS. The molecule has 0 heterocycles. The second-order valence-electron chi connectivity index (χ2n) is 2.84. The van der Waals surface area contributed by atoms with Gasteiger partial charge in [0.25, 0.3) is 0 Å². The van der Waals surface area contributed by atoms with Gasteiger partial charge in [-0.15, -0.1) is 0 Å². The van der Waals surface area contributed by atoms with Gasteiger partial charge >= 0.3 is 12.1 Å². The van der Waals surface area contributed by atoms with Crippen LogP contribution in [0.15, 0.2) is 29.2 Å². The third-order valence-corrected chi connectivity index (χ3v) is 2.34. The van der Waals surface area contributed by atoms with Crippen molar-refractivity contribution in [1.29, 1.82) is 0 Å². The van der Waals surface area contributed by atoms with E-state index in [4.69, 9.17) is 0 Å². The first-order chi connectivity index (χ1) is 6.89. The lowest BCUT2D eigenvalue weighted by atomic mass is 10.2. The zero-order valence-electron chi connectivity index (χ0n) is 7.76. The van der Waals surface area contributed by atoms with Gasteiger partial charge in [0.05, 0.1) is 0 Å². The van der Waals surface area contributed by atoms with Crippen LogP contribution in [0.5, 0.6) is 0 Å². The summed E-state index contributed by atoms with van der Waals surface area (Å²) in [6.07, 6.45) is -4.84. The van der Waals surface area contributed by atoms with E-state index in [1.54, 1.807) is 29.0 Å². The smallest absolute Gasteiger partial charge is 0.288 e. The van der Waals surface area contributed by atoms with Crippen molar-refractivity contribution in [2.75, 3.05) is 0 Å². The topological polar surface area (TPSA) is 29.1 Å². The maximum atomic E-state index is 11.8. The monoisotopic (exact) mass is 235 g/mol. The van der Waals surface area contributed by atoms with E-state index in [-0.39, 0.29) is 0 Å². The number of alkyl halides is 3. The molecule has 0 fully saturated rings. The average Bonchev–Trinajstić information content (AvgIpc) is 2.15. The zero-order chi connectivity index (χ0) is 11.5. The maximum Gasteiger partial charge on any atom is 0.472 e. The Bertz CT molecular complexity index is 347. The number of carbonyl (C=O) groups is 1. The molecule has 0 radical (unpaired) electrons. The fourth-order valence-electron chi connectivity index (χ4n) is 0.769. The summed E-state index contributed by atoms with van der Waals surface area (Å²) in [4.78, 5) is 11.0. The fraction of sp³-hybridized carbons (Fsp3) is 0.222. The minimum atomic E-state index is -4.84. The van der Waals surface area contributed by atoms with E-state index in [0.29, 0.717) is 16.8 Å². The summed E-state index contributed by atoms with van der Waals surface area (Å²) >= 11 is 0.645. The van der Waals surface area contributed by atoms with Crippen molar-refractivity contribution in [3.63, 3.8) is 0 Å². The molecule has 0 saturated carbocycles. The molecule has 0 atom stereocenters. The quantitative estimate of drug-likeness (QED) is 0.798. The van der Waals surface area contributed by atoms with Crippen LogP contribution in [0.4, 0.5) is 13.2 Å². The Morgan fingerprint density at radius 1 is 1.27 bits per heavy atom. The predicted octanol–water partition coefficient (Wildman–Crippen LogP) is 2.68. The second-order valence-corrected chi connectivity index (χ2v) is 3.72. The van der Waals surface area contributed by atoms with Gasteiger partial charge in [-0.05, 0) is 31.0 Å². The minimum Gasteiger partial charge on any atom is -0.288 e. The van der Waals surface area contributed by atoms with E-state index in [9.17, 15) is 18.0 Å². The van der Waals surface area contributed by atoms with Gasteiger partial charge in [-0.2, -0.15) is 13.2 Å². The standard InChI is InChI=1S/C9H8F3NOS/c1-6-2-4-7(5-3-6)15-13-8(14)9(10,11)12/h2-5H,1H3,(H,13,14). The summed E-state index contributed by atoms with van der Waals surface area (Å²) in [5, 5.41) is 0. The Morgan fingerprint density at radius 3 is 2.27 bits per heavy atom. The van der Waals surface area contributed by atoms with Crippen LogP contribution in [0.2, 0.25) is 0 Å². The summed E-state index contributed by atoms with van der Waals surface area (Å²) in [5.74, 6) is -1.95. The molecule has 0 bridgehead atoms. The molecular weight excluding hydrogens is 227 g/mol. The number of hydrogen-bond donors (Lipinski definition) is 1. The van der Waals surface area contributed by atoms with Crippen molar-refractivity contribution >= 4 is 17.9 Å². The predicted molar refractivity (Wildman–Crippen MR) is 51.2 cm³/mol. The van der Waals surface area contributed by atoms with Gasteiger partial charge in [0.1, 0.15) is 0 Å². The molecule has 1 rings (SSSR count). The van der Waals surface area contributed by atoms with Crippen LogP contribution in [-0.4, -0.2) is 12.1 Å². The summed E-state index contributed by atoms with van der Waals surface area (Å²) < 4.78 is 37.1. The minimum absolute atomic E-state index is 0.554. The van der Waals surface area contributed by atoms with Gasteiger partial charge in [0, 0.05) is 4.90 Å². The van der Waals surface area contributed by atoms with Crippen molar-refractivity contribution in [1.82, 2.24) is 4.72 Å². The molecule has 0 aromatic heterocycles. The zero-order valence-corrected chi connectivity index (χ0v) is 8.58. The van der Waals surface area contributed by atoms with E-state index < -0.39 is 12.1 Å². The van der Waals surface area contributed by atoms with Crippen molar-refractivity contribution < 1.29 is 18.0 Å². The number of aryl methyl sites for hydroxylation is 1. The van der Waals surface area contributed by atoms with Crippen LogP contribution >= 0.6 is 11.9 Å². The molecule has 1 amide bonds. The lowest BCUT2D eigenvalue weighted by Gasteiger charge is -2.06. The highest BCUT2D eigenvalue weighted by Crippen LogP contribution is 2.19. The first-order valence-corrected chi connectivity index (χ1v) is 4.82. The van der Waals surface area contributed by atoms with Gasteiger partial charge in [-0.25, -0.2) is 0 Å². The van der Waals surface area contributed by atoms with E-state index in [0.717, 1.165) is 5.56 Å². The van der Waals surface area contributed by atoms with Gasteiger partial charge in [-0.3, -0.25) is 9.52 Å². The summed E-state index contributed by atoms with van der Waals surface area (Å²) in [5.41, 5.74) is 1.00. The Labute approximate surface area is 89.0 Å². The van der Waals surface area contributed by atoms with Crippen LogP contribution in [0.3, 0.4) is 0 Å². The number of rotatable bonds is 2. The normalized spacial score (nSPS) is 11.2. The third kappa shape index (κ3) is 3.83. The molecule has 6 heteroatoms. The third-order valence-electron chi connectivity index (χ3n) is 1.54. The number of amides is 1. The Hall–Kier alpha value is -1.17. The first kappa shape index (κ1) is 11.9. The largest absolute Gasteiger partial charge is 0.472 e. The Morgan fingerprint density at radius 2 is 1.80 bits per heavy atom. The summed E-state index contributed by atoms with van der Waals surface area (Å²) in [7, 11) is 0. The number of nitrogens with one attached hydrogen (secondary N) is 1. The van der Waals surface area contributed by atoms with E-state index in [1.807, 2.05) is 6.92 Å². The molecule has 0 aliphatic rings. The average molecular weight is 235 g/mol. The lowest BCUT2D eigenvalue weighted by Crippen LogP contribution is -2.32. The summed E-state index contributed by atoms with van der Waals surface area (Å²) in [6, 6.07) is 6.78. The van der Waals surface area contributed by atoms with Crippen molar-refractivity contribution in [2.45, 2.75) is 18.0 Å². The van der Waals surface area contributed by atoms with Crippen LogP contribution in [0.1, 0.15) is 5.56 Å². The highest BCUT2D eigenvalue weighted by molar-refractivity contribution is 7.98. The van der Waals surface area contributed by atoms with E-state index in [2.05, 4.69) is 0 Å². The maximum absolute atomic E-state index is 11.8. The molecule has 0 aliphatic carbocycles. The van der Waals surface area contributed by atoms with Crippen LogP contribution < -0.4 is 4.72 Å². The van der Waals surface area contributed by atoms with Crippen molar-refractivity contribution in [3.05, 3.63) is 29.8 Å². The molecule has 0 saturated heterocycles. The summed E-state index contributed by atoms with van der Waals surface area (Å²) in [6.45, 7) is 1.86. The van der Waals surface area contributed by atoms with E-state index in [1.165, 1.54) is 0 Å². The number of halogens is 3. The Kier molecular flexibility index (Phi) is 3.62. The van der Waals surface area contributed by atoms with Gasteiger partial charge < -0.3 is 0 Å². The highest BCUT2D eigenvalue weighted by Gasteiger charge is 2.38. The van der Waals surface area contributed by atoms with Gasteiger partial charge in [0.15, 0.2) is 0 Å². The number of benzene rings is 1. The molecule has 2 nitrogen and oxygen atoms in total. The van der Waals surface area contributed by atoms with Gasteiger partial charge in [-0.1, -0.05) is 17.7 Å². The van der Waals surface area contributed by atoms with Crippen LogP contribution in [0.25, 0.3) is 0 Å². The molecule has 0 aliphatic heterocycles. The molecule has 1 N–H and O–H groups in total. The SMILES string of the molecule is Cc1ccc(SNC(=O)C(F)(F)F)cc1. The second kappa shape index (κ2) is 4.57.